The Labute approximate surface area is 155 Å². The monoisotopic (exact) mass is 361 g/mol. The van der Waals surface area contributed by atoms with Gasteiger partial charge in [-0.05, 0) is 29.1 Å². The van der Waals surface area contributed by atoms with Gasteiger partial charge in [0.15, 0.2) is 4.99 Å². The number of unbranched alkanes of at least 4 members (excludes halogenated alkanes) is 1. The quantitative estimate of drug-likeness (QED) is 0.430. The van der Waals surface area contributed by atoms with Crippen LogP contribution in [0.4, 0.5) is 0 Å². The van der Waals surface area contributed by atoms with E-state index in [2.05, 4.69) is 30.8 Å². The summed E-state index contributed by atoms with van der Waals surface area (Å²) in [5.74, 6) is 1.33. The van der Waals surface area contributed by atoms with Gasteiger partial charge >= 0.3 is 0 Å². The van der Waals surface area contributed by atoms with E-state index in [9.17, 15) is 4.91 Å². The first-order valence-corrected chi connectivity index (χ1v) is 9.24. The molecule has 0 radical (unpaired) electrons. The van der Waals surface area contributed by atoms with E-state index in [0.717, 1.165) is 48.5 Å². The van der Waals surface area contributed by atoms with Crippen molar-refractivity contribution in [1.29, 1.82) is 0 Å². The molecule has 2 N–H and O–H groups in total. The number of rotatable bonds is 8. The molecule has 0 atom stereocenters. The summed E-state index contributed by atoms with van der Waals surface area (Å²) in [6.45, 7) is 9.27. The molecule has 0 fully saturated rings. The van der Waals surface area contributed by atoms with Crippen molar-refractivity contribution in [3.8, 4) is 0 Å². The molecule has 1 aliphatic rings. The summed E-state index contributed by atoms with van der Waals surface area (Å²) in [5, 5.41) is 2.89. The van der Waals surface area contributed by atoms with E-state index in [1.807, 2.05) is 18.2 Å². The average molecular weight is 362 g/mol. The van der Waals surface area contributed by atoms with E-state index in [0.29, 0.717) is 24.6 Å². The van der Waals surface area contributed by atoms with Gasteiger partial charge in [-0.1, -0.05) is 51.5 Å². The summed E-state index contributed by atoms with van der Waals surface area (Å²) in [6.07, 6.45) is 2.04. The van der Waals surface area contributed by atoms with Crippen LogP contribution in [0, 0.1) is 10.8 Å². The highest BCUT2D eigenvalue weighted by Gasteiger charge is 2.26. The van der Waals surface area contributed by atoms with Gasteiger partial charge in [-0.25, -0.2) is 0 Å². The summed E-state index contributed by atoms with van der Waals surface area (Å²) < 4.78 is 6.14. The topological polar surface area (TPSA) is 67.9 Å². The van der Waals surface area contributed by atoms with E-state index < -0.39 is 0 Å². The van der Waals surface area contributed by atoms with Gasteiger partial charge < -0.3 is 15.4 Å². The number of ether oxygens (including phenoxy) is 1. The van der Waals surface area contributed by atoms with Crippen LogP contribution < -0.4 is 5.73 Å². The highest BCUT2D eigenvalue weighted by molar-refractivity contribution is 7.80. The average Bonchev–Trinajstić information content (AvgIpc) is 2.60. The molecule has 1 aliphatic heterocycles. The van der Waals surface area contributed by atoms with Crippen molar-refractivity contribution in [1.82, 2.24) is 4.90 Å². The molecule has 1 aromatic carbocycles. The van der Waals surface area contributed by atoms with Crippen molar-refractivity contribution < 1.29 is 4.74 Å². The number of fused-ring (bicyclic) bond motifs is 1. The molecular weight excluding hydrogens is 334 g/mol. The number of hydrogen-bond donors (Lipinski definition) is 1. The third kappa shape index (κ3) is 4.64. The van der Waals surface area contributed by atoms with Gasteiger partial charge in [-0.15, -0.1) is 4.91 Å². The van der Waals surface area contributed by atoms with Crippen LogP contribution in [-0.2, 0) is 11.3 Å². The number of benzene rings is 1. The van der Waals surface area contributed by atoms with E-state index in [1.165, 1.54) is 0 Å². The fourth-order valence-corrected chi connectivity index (χ4v) is 3.16. The maximum atomic E-state index is 10.8. The molecular formula is C19H27N3O2S. The third-order valence-corrected chi connectivity index (χ3v) is 4.52. The normalized spacial score (nSPS) is 13.9. The van der Waals surface area contributed by atoms with Gasteiger partial charge in [0.2, 0.25) is 0 Å². The molecule has 0 amide bonds. The zero-order valence-corrected chi connectivity index (χ0v) is 16.1. The predicted octanol–water partition coefficient (Wildman–Crippen LogP) is 4.04. The third-order valence-electron chi connectivity index (χ3n) is 4.21. The number of nitroso groups, excluding NO2 is 1. The molecule has 0 aromatic heterocycles. The molecule has 1 heterocycles. The Hall–Kier alpha value is -1.79. The van der Waals surface area contributed by atoms with E-state index in [-0.39, 0.29) is 4.99 Å². The fraction of sp³-hybridized carbons (Fsp3) is 0.526. The fourth-order valence-electron chi connectivity index (χ4n) is 3.03. The first-order valence-electron chi connectivity index (χ1n) is 8.83. The smallest absolute Gasteiger partial charge is 0.177 e. The number of hydrogen-bond acceptors (Lipinski definition) is 5. The highest BCUT2D eigenvalue weighted by Crippen LogP contribution is 2.33. The first kappa shape index (κ1) is 19.5. The summed E-state index contributed by atoms with van der Waals surface area (Å²) in [4.78, 5) is 13.2. The molecule has 0 spiro atoms. The van der Waals surface area contributed by atoms with Crippen molar-refractivity contribution in [3.05, 3.63) is 45.5 Å². The van der Waals surface area contributed by atoms with Crippen molar-refractivity contribution in [2.75, 3.05) is 19.7 Å². The number of nitrogens with two attached hydrogens (primary N) is 1. The minimum Gasteiger partial charge on any atom is -0.491 e. The Morgan fingerprint density at radius 2 is 2.20 bits per heavy atom. The van der Waals surface area contributed by atoms with Crippen molar-refractivity contribution in [2.24, 2.45) is 16.8 Å². The van der Waals surface area contributed by atoms with Gasteiger partial charge in [0.1, 0.15) is 5.76 Å². The van der Waals surface area contributed by atoms with Crippen LogP contribution in [0.15, 0.2) is 29.1 Å². The van der Waals surface area contributed by atoms with Crippen molar-refractivity contribution in [3.63, 3.8) is 0 Å². The van der Waals surface area contributed by atoms with E-state index in [1.54, 1.807) is 0 Å². The second-order valence-corrected chi connectivity index (χ2v) is 7.11. The molecule has 5 nitrogen and oxygen atoms in total. The standard InChI is InChI=1S/C19H27N3O2S/c1-4-5-8-24-18-16-9-14(19(25)21-23)6-7-15(16)12-22(11-13(2)3)17(18)10-20/h6-7,9,13H,4-5,8,10-12,20H2,1-3H3. The minimum atomic E-state index is 0.0645. The molecule has 0 aliphatic carbocycles. The van der Waals surface area contributed by atoms with Crippen LogP contribution in [0.1, 0.15) is 50.3 Å². The van der Waals surface area contributed by atoms with Crippen LogP contribution in [0.25, 0.3) is 5.76 Å². The maximum Gasteiger partial charge on any atom is 0.177 e. The molecule has 0 bridgehead atoms. The van der Waals surface area contributed by atoms with Gasteiger partial charge in [-0.2, -0.15) is 0 Å². The lowest BCUT2D eigenvalue weighted by molar-refractivity contribution is 0.232. The summed E-state index contributed by atoms with van der Waals surface area (Å²) in [5.41, 5.74) is 9.86. The van der Waals surface area contributed by atoms with Gasteiger partial charge in [0.25, 0.3) is 0 Å². The Bertz CT molecular complexity index is 671. The van der Waals surface area contributed by atoms with Crippen LogP contribution in [-0.4, -0.2) is 29.6 Å². The van der Waals surface area contributed by atoms with Crippen LogP contribution in [0.3, 0.4) is 0 Å². The lowest BCUT2D eigenvalue weighted by Crippen LogP contribution is -2.35. The zero-order chi connectivity index (χ0) is 18.4. The van der Waals surface area contributed by atoms with Crippen LogP contribution >= 0.6 is 12.2 Å². The van der Waals surface area contributed by atoms with Crippen molar-refractivity contribution >= 4 is 23.0 Å². The number of thiocarbonyl (C=S) groups is 1. The Balaban J connectivity index is 2.49. The summed E-state index contributed by atoms with van der Waals surface area (Å²) in [7, 11) is 0. The predicted molar refractivity (Wildman–Crippen MR) is 106 cm³/mol. The lowest BCUT2D eigenvalue weighted by Gasteiger charge is -2.35. The minimum absolute atomic E-state index is 0.0645. The Kier molecular flexibility index (Phi) is 7.08. The molecule has 136 valence electrons. The lowest BCUT2D eigenvalue weighted by atomic mass is 9.96. The molecule has 6 heteroatoms. The van der Waals surface area contributed by atoms with Crippen LogP contribution in [0.5, 0.6) is 0 Å². The second-order valence-electron chi connectivity index (χ2n) is 6.72. The van der Waals surface area contributed by atoms with Crippen LogP contribution in [0.2, 0.25) is 0 Å². The maximum absolute atomic E-state index is 10.8. The summed E-state index contributed by atoms with van der Waals surface area (Å²) in [6, 6.07) is 5.77. The molecule has 0 saturated heterocycles. The summed E-state index contributed by atoms with van der Waals surface area (Å²) >= 11 is 5.04. The number of nitrogens with zero attached hydrogens (tertiary/aromatic N) is 2. The van der Waals surface area contributed by atoms with E-state index in [4.69, 9.17) is 22.7 Å². The van der Waals surface area contributed by atoms with E-state index >= 15 is 0 Å². The van der Waals surface area contributed by atoms with Gasteiger partial charge in [0.05, 0.1) is 12.3 Å². The highest BCUT2D eigenvalue weighted by atomic mass is 32.1. The van der Waals surface area contributed by atoms with Crippen molar-refractivity contribution in [2.45, 2.75) is 40.2 Å². The Morgan fingerprint density at radius 1 is 1.44 bits per heavy atom. The molecule has 0 saturated carbocycles. The Morgan fingerprint density at radius 3 is 2.80 bits per heavy atom. The molecule has 0 unspecified atom stereocenters. The first-order chi connectivity index (χ1) is 12.0. The zero-order valence-electron chi connectivity index (χ0n) is 15.2. The molecule has 25 heavy (non-hydrogen) atoms. The van der Waals surface area contributed by atoms with Gasteiger partial charge in [-0.3, -0.25) is 0 Å². The SMILES string of the molecule is CCCCOC1=C(CN)N(CC(C)C)Cc2ccc(C(=S)N=O)cc21. The molecule has 2 rings (SSSR count). The second kappa shape index (κ2) is 9.06. The van der Waals surface area contributed by atoms with Gasteiger partial charge in [0, 0.05) is 30.8 Å². The molecule has 1 aromatic rings. The largest absolute Gasteiger partial charge is 0.491 e.